The zero-order valence-electron chi connectivity index (χ0n) is 19.5. The first kappa shape index (κ1) is 25.4. The van der Waals surface area contributed by atoms with Crippen molar-refractivity contribution in [2.24, 2.45) is 5.92 Å². The lowest BCUT2D eigenvalue weighted by Gasteiger charge is -2.35. The minimum Gasteiger partial charge on any atom is -0.369 e. The Morgan fingerprint density at radius 1 is 0.941 bits per heavy atom. The van der Waals surface area contributed by atoms with Crippen LogP contribution in [0.4, 0.5) is 5.69 Å². The lowest BCUT2D eigenvalue weighted by Crippen LogP contribution is -2.49. The molecule has 1 aromatic carbocycles. The van der Waals surface area contributed by atoms with Gasteiger partial charge in [-0.05, 0) is 68.0 Å². The second-order valence-electron chi connectivity index (χ2n) is 9.08. The molecule has 2 fully saturated rings. The minimum atomic E-state index is -3.64. The van der Waals surface area contributed by atoms with E-state index in [-0.39, 0.29) is 16.6 Å². The highest BCUT2D eigenvalue weighted by Gasteiger charge is 2.35. The first-order chi connectivity index (χ1) is 16.1. The SMILES string of the molecule is Cc1cc(S(=O)(=O)N2CCC(CCS(=O)(=O)N3CCN(c4ccncc4)CC3)C2)c(C)cc1Cl. The average Bonchev–Trinajstić information content (AvgIpc) is 3.31. The number of pyridine rings is 1. The van der Waals surface area contributed by atoms with Crippen molar-refractivity contribution in [1.29, 1.82) is 0 Å². The van der Waals surface area contributed by atoms with Crippen LogP contribution in [0.3, 0.4) is 0 Å². The Bertz CT molecular complexity index is 1230. The summed E-state index contributed by atoms with van der Waals surface area (Å²) in [7, 11) is -7.03. The maximum Gasteiger partial charge on any atom is 0.243 e. The summed E-state index contributed by atoms with van der Waals surface area (Å²) >= 11 is 6.13. The molecule has 0 spiro atoms. The molecule has 11 heteroatoms. The van der Waals surface area contributed by atoms with E-state index in [1.165, 1.54) is 4.31 Å². The molecule has 2 saturated heterocycles. The summed E-state index contributed by atoms with van der Waals surface area (Å²) in [6.45, 7) is 6.45. The molecule has 2 aromatic rings. The molecular weight excluding hydrogens is 496 g/mol. The lowest BCUT2D eigenvalue weighted by molar-refractivity contribution is 0.381. The van der Waals surface area contributed by atoms with Crippen LogP contribution in [0, 0.1) is 19.8 Å². The van der Waals surface area contributed by atoms with E-state index in [1.807, 2.05) is 12.1 Å². The molecule has 0 saturated carbocycles. The normalized spacial score (nSPS) is 20.7. The van der Waals surface area contributed by atoms with Gasteiger partial charge in [-0.15, -0.1) is 0 Å². The fraction of sp³-hybridized carbons (Fsp3) is 0.522. The fourth-order valence-corrected chi connectivity index (χ4v) is 8.30. The molecule has 1 atom stereocenters. The summed E-state index contributed by atoms with van der Waals surface area (Å²) in [4.78, 5) is 6.46. The number of anilines is 1. The highest BCUT2D eigenvalue weighted by Crippen LogP contribution is 2.31. The number of aromatic nitrogens is 1. The van der Waals surface area contributed by atoms with E-state index in [4.69, 9.17) is 11.6 Å². The van der Waals surface area contributed by atoms with Gasteiger partial charge in [-0.2, -0.15) is 8.61 Å². The molecule has 8 nitrogen and oxygen atoms in total. The van der Waals surface area contributed by atoms with Crippen LogP contribution in [0.25, 0.3) is 0 Å². The van der Waals surface area contributed by atoms with Gasteiger partial charge in [0.15, 0.2) is 0 Å². The van der Waals surface area contributed by atoms with E-state index in [0.29, 0.717) is 62.7 Å². The van der Waals surface area contributed by atoms with Gasteiger partial charge in [-0.1, -0.05) is 11.6 Å². The van der Waals surface area contributed by atoms with Crippen LogP contribution in [0.2, 0.25) is 5.02 Å². The van der Waals surface area contributed by atoms with Gasteiger partial charge in [-0.25, -0.2) is 16.8 Å². The Balaban J connectivity index is 1.32. The number of piperazine rings is 1. The number of halogens is 1. The molecule has 0 radical (unpaired) electrons. The van der Waals surface area contributed by atoms with Crippen molar-refractivity contribution in [3.05, 3.63) is 52.8 Å². The summed E-state index contributed by atoms with van der Waals surface area (Å²) in [6, 6.07) is 7.16. The molecule has 186 valence electrons. The molecule has 34 heavy (non-hydrogen) atoms. The second-order valence-corrected chi connectivity index (χ2v) is 13.5. The molecule has 4 rings (SSSR count). The number of benzene rings is 1. The fourth-order valence-electron chi connectivity index (χ4n) is 4.65. The van der Waals surface area contributed by atoms with Crippen LogP contribution in [-0.2, 0) is 20.0 Å². The highest BCUT2D eigenvalue weighted by molar-refractivity contribution is 7.89. The van der Waals surface area contributed by atoms with Crippen LogP contribution in [0.1, 0.15) is 24.0 Å². The Morgan fingerprint density at radius 2 is 1.62 bits per heavy atom. The molecule has 2 aliphatic heterocycles. The maximum absolute atomic E-state index is 13.2. The first-order valence-electron chi connectivity index (χ1n) is 11.5. The molecular formula is C23H31ClN4O4S2. The van der Waals surface area contributed by atoms with E-state index >= 15 is 0 Å². The van der Waals surface area contributed by atoms with E-state index in [1.54, 1.807) is 42.7 Å². The predicted octanol–water partition coefficient (Wildman–Crippen LogP) is 2.90. The van der Waals surface area contributed by atoms with Crippen LogP contribution in [-0.4, -0.2) is 75.5 Å². The van der Waals surface area contributed by atoms with Crippen molar-refractivity contribution < 1.29 is 16.8 Å². The van der Waals surface area contributed by atoms with Crippen LogP contribution in [0.15, 0.2) is 41.6 Å². The maximum atomic E-state index is 13.2. The summed E-state index contributed by atoms with van der Waals surface area (Å²) in [5.74, 6) is 0.0660. The molecule has 0 bridgehead atoms. The largest absolute Gasteiger partial charge is 0.369 e. The molecule has 2 aliphatic rings. The molecule has 0 N–H and O–H groups in total. The monoisotopic (exact) mass is 526 g/mol. The Morgan fingerprint density at radius 3 is 2.29 bits per heavy atom. The van der Waals surface area contributed by atoms with Crippen LogP contribution < -0.4 is 4.90 Å². The summed E-state index contributed by atoms with van der Waals surface area (Å²) in [5.41, 5.74) is 2.38. The average molecular weight is 527 g/mol. The zero-order valence-corrected chi connectivity index (χ0v) is 21.9. The van der Waals surface area contributed by atoms with Gasteiger partial charge in [0.2, 0.25) is 20.0 Å². The number of rotatable bonds is 7. The van der Waals surface area contributed by atoms with E-state index in [2.05, 4.69) is 9.88 Å². The van der Waals surface area contributed by atoms with Crippen LogP contribution >= 0.6 is 11.6 Å². The topological polar surface area (TPSA) is 90.9 Å². The lowest BCUT2D eigenvalue weighted by atomic mass is 10.1. The number of sulfonamides is 2. The molecule has 0 amide bonds. The quantitative estimate of drug-likeness (QED) is 0.551. The van der Waals surface area contributed by atoms with Crippen molar-refractivity contribution in [3.8, 4) is 0 Å². The number of hydrogen-bond acceptors (Lipinski definition) is 6. The minimum absolute atomic E-state index is 0.0244. The van der Waals surface area contributed by atoms with E-state index < -0.39 is 20.0 Å². The number of nitrogens with zero attached hydrogens (tertiary/aromatic N) is 4. The van der Waals surface area contributed by atoms with E-state index in [0.717, 1.165) is 11.3 Å². The second kappa shape index (κ2) is 10.1. The zero-order chi connectivity index (χ0) is 24.5. The Kier molecular flexibility index (Phi) is 7.54. The molecule has 3 heterocycles. The number of aryl methyl sites for hydroxylation is 2. The van der Waals surface area contributed by atoms with Crippen molar-refractivity contribution in [2.45, 2.75) is 31.6 Å². The van der Waals surface area contributed by atoms with Gasteiger partial charge < -0.3 is 4.90 Å². The summed E-state index contributed by atoms with van der Waals surface area (Å²) in [5, 5.41) is 0.544. The smallest absolute Gasteiger partial charge is 0.243 e. The van der Waals surface area contributed by atoms with Gasteiger partial charge in [0, 0.05) is 62.4 Å². The summed E-state index contributed by atoms with van der Waals surface area (Å²) in [6.07, 6.45) is 4.59. The predicted molar refractivity (Wildman–Crippen MR) is 134 cm³/mol. The molecule has 1 unspecified atom stereocenters. The van der Waals surface area contributed by atoms with Gasteiger partial charge in [-0.3, -0.25) is 4.98 Å². The Labute approximate surface area is 207 Å². The third-order valence-corrected chi connectivity index (χ3v) is 11.1. The van der Waals surface area contributed by atoms with Gasteiger partial charge in [0.1, 0.15) is 0 Å². The van der Waals surface area contributed by atoms with Crippen molar-refractivity contribution >= 4 is 37.3 Å². The first-order valence-corrected chi connectivity index (χ1v) is 14.9. The van der Waals surface area contributed by atoms with Gasteiger partial charge in [0.25, 0.3) is 0 Å². The molecule has 0 aliphatic carbocycles. The molecule has 1 aromatic heterocycles. The third kappa shape index (κ3) is 5.41. The van der Waals surface area contributed by atoms with Crippen LogP contribution in [0.5, 0.6) is 0 Å². The highest BCUT2D eigenvalue weighted by atomic mass is 35.5. The Hall–Kier alpha value is -1.72. The van der Waals surface area contributed by atoms with Gasteiger partial charge >= 0.3 is 0 Å². The van der Waals surface area contributed by atoms with E-state index in [9.17, 15) is 16.8 Å². The summed E-state index contributed by atoms with van der Waals surface area (Å²) < 4.78 is 55.4. The van der Waals surface area contributed by atoms with Crippen molar-refractivity contribution in [2.75, 3.05) is 49.9 Å². The van der Waals surface area contributed by atoms with Gasteiger partial charge in [0.05, 0.1) is 10.6 Å². The third-order valence-electron chi connectivity index (χ3n) is 6.77. The van der Waals surface area contributed by atoms with Crippen molar-refractivity contribution in [1.82, 2.24) is 13.6 Å². The number of hydrogen-bond donors (Lipinski definition) is 0. The van der Waals surface area contributed by atoms with Crippen molar-refractivity contribution in [3.63, 3.8) is 0 Å². The standard InChI is InChI=1S/C23H31ClN4O4S2/c1-18-16-23(19(2)15-22(18)24)34(31,32)28-9-5-20(17-28)6-14-33(29,30)27-12-10-26(11-13-27)21-3-7-25-8-4-21/h3-4,7-8,15-16,20H,5-6,9-14,17H2,1-2H3.